The molecule has 0 aliphatic carbocycles. The van der Waals surface area contributed by atoms with Crippen LogP contribution in [-0.2, 0) is 4.74 Å². The van der Waals surface area contributed by atoms with Crippen LogP contribution in [0.3, 0.4) is 0 Å². The Hall–Kier alpha value is -0.160. The van der Waals surface area contributed by atoms with Crippen molar-refractivity contribution in [2.24, 2.45) is 0 Å². The van der Waals surface area contributed by atoms with Gasteiger partial charge in [-0.05, 0) is 19.4 Å². The Morgan fingerprint density at radius 1 is 1.36 bits per heavy atom. The highest BCUT2D eigenvalue weighted by Crippen LogP contribution is 2.20. The third kappa shape index (κ3) is 2.25. The number of nitrogens with one attached hydrogen (secondary N) is 1. The second kappa shape index (κ2) is 4.57. The molecule has 2 fully saturated rings. The van der Waals surface area contributed by atoms with Crippen LogP contribution < -0.4 is 5.32 Å². The summed E-state index contributed by atoms with van der Waals surface area (Å²) in [6.07, 6.45) is 2.28. The smallest absolute Gasteiger partial charge is 0.0625 e. The molecule has 1 atom stereocenters. The van der Waals surface area contributed by atoms with Crippen molar-refractivity contribution in [3.8, 4) is 0 Å². The van der Waals surface area contributed by atoms with Gasteiger partial charge in [0.1, 0.15) is 0 Å². The Bertz CT molecular complexity index is 175. The van der Waals surface area contributed by atoms with Crippen LogP contribution in [0.15, 0.2) is 0 Å². The summed E-state index contributed by atoms with van der Waals surface area (Å²) in [4.78, 5) is 2.39. The van der Waals surface area contributed by atoms with Crippen molar-refractivity contribution in [1.29, 1.82) is 0 Å². The zero-order chi connectivity index (χ0) is 9.86. The first kappa shape index (κ1) is 10.4. The molecule has 2 rings (SSSR count). The highest BCUT2D eigenvalue weighted by Gasteiger charge is 2.34. The van der Waals surface area contributed by atoms with E-state index in [0.717, 1.165) is 45.8 Å². The molecule has 0 aromatic rings. The number of aliphatic hydroxyl groups excluding tert-OH is 1. The summed E-state index contributed by atoms with van der Waals surface area (Å²) in [7, 11) is 0. The van der Waals surface area contributed by atoms with E-state index in [1.165, 1.54) is 6.42 Å². The average Bonchev–Trinajstić information content (AvgIpc) is 2.69. The predicted molar refractivity (Wildman–Crippen MR) is 54.3 cm³/mol. The molecule has 0 aromatic heterocycles. The van der Waals surface area contributed by atoms with Crippen LogP contribution in [0.25, 0.3) is 0 Å². The van der Waals surface area contributed by atoms with E-state index in [1.807, 2.05) is 0 Å². The van der Waals surface area contributed by atoms with Crippen LogP contribution in [0.1, 0.15) is 12.8 Å². The monoisotopic (exact) mass is 200 g/mol. The van der Waals surface area contributed by atoms with Gasteiger partial charge in [0.2, 0.25) is 0 Å². The Morgan fingerprint density at radius 3 is 2.71 bits per heavy atom. The molecule has 0 spiro atoms. The van der Waals surface area contributed by atoms with Crippen LogP contribution in [0, 0.1) is 0 Å². The van der Waals surface area contributed by atoms with Crippen LogP contribution >= 0.6 is 0 Å². The third-order valence-corrected chi connectivity index (χ3v) is 3.26. The van der Waals surface area contributed by atoms with Crippen molar-refractivity contribution < 1.29 is 9.84 Å². The number of aliphatic hydroxyl groups is 1. The Kier molecular flexibility index (Phi) is 3.38. The standard InChI is InChI=1S/C10H20N2O2/c13-9-10(2-1-3-11-10)8-12-4-6-14-7-5-12/h11,13H,1-9H2. The first-order valence-electron chi connectivity index (χ1n) is 5.51. The molecular weight excluding hydrogens is 180 g/mol. The van der Waals surface area contributed by atoms with Gasteiger partial charge in [-0.3, -0.25) is 4.90 Å². The topological polar surface area (TPSA) is 44.7 Å². The van der Waals surface area contributed by atoms with Gasteiger partial charge in [0.05, 0.1) is 25.4 Å². The summed E-state index contributed by atoms with van der Waals surface area (Å²) in [5.74, 6) is 0. The molecule has 14 heavy (non-hydrogen) atoms. The van der Waals surface area contributed by atoms with E-state index in [4.69, 9.17) is 4.74 Å². The van der Waals surface area contributed by atoms with Crippen LogP contribution in [0.2, 0.25) is 0 Å². The maximum absolute atomic E-state index is 9.43. The molecular formula is C10H20N2O2. The summed E-state index contributed by atoms with van der Waals surface area (Å²) in [6, 6.07) is 0. The normalized spacial score (nSPS) is 34.9. The van der Waals surface area contributed by atoms with Gasteiger partial charge < -0.3 is 15.2 Å². The molecule has 4 nitrogen and oxygen atoms in total. The molecule has 0 saturated carbocycles. The summed E-state index contributed by atoms with van der Waals surface area (Å²) in [5, 5.41) is 12.9. The molecule has 2 aliphatic heterocycles. The van der Waals surface area contributed by atoms with E-state index >= 15 is 0 Å². The fourth-order valence-corrected chi connectivity index (χ4v) is 2.38. The third-order valence-electron chi connectivity index (χ3n) is 3.26. The van der Waals surface area contributed by atoms with Gasteiger partial charge >= 0.3 is 0 Å². The van der Waals surface area contributed by atoms with E-state index in [0.29, 0.717) is 0 Å². The van der Waals surface area contributed by atoms with Crippen molar-refractivity contribution >= 4 is 0 Å². The molecule has 0 aromatic carbocycles. The van der Waals surface area contributed by atoms with Gasteiger partial charge in [0.15, 0.2) is 0 Å². The zero-order valence-electron chi connectivity index (χ0n) is 8.67. The summed E-state index contributed by atoms with van der Waals surface area (Å²) < 4.78 is 5.31. The lowest BCUT2D eigenvalue weighted by molar-refractivity contribution is 0.0175. The fourth-order valence-electron chi connectivity index (χ4n) is 2.38. The number of morpholine rings is 1. The predicted octanol–water partition coefficient (Wildman–Crippen LogP) is -0.567. The lowest BCUT2D eigenvalue weighted by Crippen LogP contribution is -2.54. The molecule has 0 amide bonds. The van der Waals surface area contributed by atoms with E-state index in [2.05, 4.69) is 10.2 Å². The molecule has 82 valence electrons. The Balaban J connectivity index is 1.86. The molecule has 2 heterocycles. The minimum Gasteiger partial charge on any atom is -0.394 e. The van der Waals surface area contributed by atoms with E-state index in [9.17, 15) is 5.11 Å². The number of hydrogen-bond acceptors (Lipinski definition) is 4. The average molecular weight is 200 g/mol. The minimum absolute atomic E-state index is 0.0304. The molecule has 0 radical (unpaired) electrons. The fraction of sp³-hybridized carbons (Fsp3) is 1.00. The van der Waals surface area contributed by atoms with Crippen molar-refractivity contribution in [3.05, 3.63) is 0 Å². The number of nitrogens with zero attached hydrogens (tertiary/aromatic N) is 1. The second-order valence-corrected chi connectivity index (χ2v) is 4.36. The Morgan fingerprint density at radius 2 is 2.14 bits per heavy atom. The van der Waals surface area contributed by atoms with Crippen molar-refractivity contribution in [1.82, 2.24) is 10.2 Å². The first-order valence-corrected chi connectivity index (χ1v) is 5.51. The van der Waals surface area contributed by atoms with Gasteiger partial charge in [-0.1, -0.05) is 0 Å². The SMILES string of the molecule is OCC1(CN2CCOCC2)CCCN1. The van der Waals surface area contributed by atoms with Crippen molar-refractivity contribution in [2.75, 3.05) is 46.0 Å². The summed E-state index contributed by atoms with van der Waals surface area (Å²) in [5.41, 5.74) is -0.0304. The zero-order valence-corrected chi connectivity index (χ0v) is 8.67. The quantitative estimate of drug-likeness (QED) is 0.640. The molecule has 2 aliphatic rings. The van der Waals surface area contributed by atoms with Gasteiger partial charge in [-0.15, -0.1) is 0 Å². The summed E-state index contributed by atoms with van der Waals surface area (Å²) >= 11 is 0. The second-order valence-electron chi connectivity index (χ2n) is 4.36. The van der Waals surface area contributed by atoms with Crippen LogP contribution in [-0.4, -0.2) is 61.5 Å². The lowest BCUT2D eigenvalue weighted by atomic mass is 9.98. The summed E-state index contributed by atoms with van der Waals surface area (Å²) in [6.45, 7) is 5.94. The highest BCUT2D eigenvalue weighted by molar-refractivity contribution is 4.95. The van der Waals surface area contributed by atoms with Crippen LogP contribution in [0.4, 0.5) is 0 Å². The van der Waals surface area contributed by atoms with Gasteiger partial charge in [-0.2, -0.15) is 0 Å². The first-order chi connectivity index (χ1) is 6.85. The highest BCUT2D eigenvalue weighted by atomic mass is 16.5. The number of rotatable bonds is 3. The Labute approximate surface area is 85.2 Å². The largest absolute Gasteiger partial charge is 0.394 e. The van der Waals surface area contributed by atoms with Crippen molar-refractivity contribution in [2.45, 2.75) is 18.4 Å². The van der Waals surface area contributed by atoms with Gasteiger partial charge in [0, 0.05) is 19.6 Å². The van der Waals surface area contributed by atoms with Crippen molar-refractivity contribution in [3.63, 3.8) is 0 Å². The number of hydrogen-bond donors (Lipinski definition) is 2. The van der Waals surface area contributed by atoms with Gasteiger partial charge in [-0.25, -0.2) is 0 Å². The maximum atomic E-state index is 9.43. The molecule has 1 unspecified atom stereocenters. The molecule has 2 saturated heterocycles. The van der Waals surface area contributed by atoms with E-state index in [-0.39, 0.29) is 12.1 Å². The molecule has 4 heteroatoms. The number of ether oxygens (including phenoxy) is 1. The van der Waals surface area contributed by atoms with Gasteiger partial charge in [0.25, 0.3) is 0 Å². The molecule has 2 N–H and O–H groups in total. The lowest BCUT2D eigenvalue weighted by Gasteiger charge is -2.36. The van der Waals surface area contributed by atoms with E-state index < -0.39 is 0 Å². The maximum Gasteiger partial charge on any atom is 0.0625 e. The van der Waals surface area contributed by atoms with Crippen LogP contribution in [0.5, 0.6) is 0 Å². The minimum atomic E-state index is -0.0304. The molecule has 0 bridgehead atoms. The van der Waals surface area contributed by atoms with E-state index in [1.54, 1.807) is 0 Å².